The molecule has 4 nitrogen and oxygen atoms in total. The van der Waals surface area contributed by atoms with Gasteiger partial charge in [0.2, 0.25) is 5.95 Å². The van der Waals surface area contributed by atoms with Crippen LogP contribution in [0.25, 0.3) is 11.3 Å². The van der Waals surface area contributed by atoms with Gasteiger partial charge in [-0.2, -0.15) is 0 Å². The quantitative estimate of drug-likeness (QED) is 0.845. The summed E-state index contributed by atoms with van der Waals surface area (Å²) in [5.74, 6) is 0.526. The van der Waals surface area contributed by atoms with E-state index in [2.05, 4.69) is 22.2 Å². The van der Waals surface area contributed by atoms with Gasteiger partial charge in [0.1, 0.15) is 0 Å². The van der Waals surface area contributed by atoms with Gasteiger partial charge in [-0.25, -0.2) is 4.98 Å². The second kappa shape index (κ2) is 5.30. The fraction of sp³-hybridized carbons (Fsp3) is 0.231. The predicted molar refractivity (Wildman–Crippen MR) is 69.1 cm³/mol. The van der Waals surface area contributed by atoms with Crippen molar-refractivity contribution in [2.24, 2.45) is 0 Å². The fourth-order valence-corrected chi connectivity index (χ4v) is 1.54. The van der Waals surface area contributed by atoms with E-state index in [-0.39, 0.29) is 5.56 Å². The molecule has 4 heteroatoms. The van der Waals surface area contributed by atoms with E-state index in [0.717, 1.165) is 18.5 Å². The molecule has 0 amide bonds. The van der Waals surface area contributed by atoms with Crippen molar-refractivity contribution < 1.29 is 0 Å². The highest BCUT2D eigenvalue weighted by Crippen LogP contribution is 2.15. The second-order valence-corrected chi connectivity index (χ2v) is 3.77. The Kier molecular flexibility index (Phi) is 3.55. The minimum atomic E-state index is -0.141. The van der Waals surface area contributed by atoms with Crippen LogP contribution in [-0.4, -0.2) is 16.5 Å². The van der Waals surface area contributed by atoms with Crippen LogP contribution in [-0.2, 0) is 0 Å². The van der Waals surface area contributed by atoms with Gasteiger partial charge in [-0.05, 0) is 6.42 Å². The maximum absolute atomic E-state index is 11.5. The Bertz CT molecular complexity index is 534. The first-order valence-electron chi connectivity index (χ1n) is 5.70. The molecule has 0 spiro atoms. The number of H-pyrrole nitrogens is 1. The third kappa shape index (κ3) is 2.93. The summed E-state index contributed by atoms with van der Waals surface area (Å²) in [6.45, 7) is 2.85. The Morgan fingerprint density at radius 1 is 1.29 bits per heavy atom. The van der Waals surface area contributed by atoms with Crippen LogP contribution in [0.4, 0.5) is 5.95 Å². The number of aromatic nitrogens is 2. The summed E-state index contributed by atoms with van der Waals surface area (Å²) in [4.78, 5) is 18.6. The average Bonchev–Trinajstić information content (AvgIpc) is 2.37. The van der Waals surface area contributed by atoms with Gasteiger partial charge in [-0.3, -0.25) is 9.78 Å². The van der Waals surface area contributed by atoms with Crippen molar-refractivity contribution in [3.63, 3.8) is 0 Å². The van der Waals surface area contributed by atoms with Crippen molar-refractivity contribution in [1.29, 1.82) is 0 Å². The zero-order valence-electron chi connectivity index (χ0n) is 9.73. The topological polar surface area (TPSA) is 57.8 Å². The van der Waals surface area contributed by atoms with E-state index in [1.165, 1.54) is 6.07 Å². The van der Waals surface area contributed by atoms with Crippen LogP contribution in [0.2, 0.25) is 0 Å². The summed E-state index contributed by atoms with van der Waals surface area (Å²) in [5.41, 5.74) is 1.49. The second-order valence-electron chi connectivity index (χ2n) is 3.77. The number of rotatable bonds is 4. The van der Waals surface area contributed by atoms with Crippen LogP contribution in [0, 0.1) is 0 Å². The molecule has 2 rings (SSSR count). The monoisotopic (exact) mass is 229 g/mol. The van der Waals surface area contributed by atoms with Crippen LogP contribution < -0.4 is 10.9 Å². The lowest BCUT2D eigenvalue weighted by atomic mass is 10.1. The van der Waals surface area contributed by atoms with E-state index >= 15 is 0 Å². The van der Waals surface area contributed by atoms with Crippen LogP contribution in [0.5, 0.6) is 0 Å². The molecule has 0 atom stereocenters. The van der Waals surface area contributed by atoms with Crippen LogP contribution in [0.3, 0.4) is 0 Å². The standard InChI is InChI=1S/C13H15N3O/c1-2-8-14-13-15-11(9-12(17)16-13)10-6-4-3-5-7-10/h3-7,9H,2,8H2,1H3,(H2,14,15,16,17). The molecule has 88 valence electrons. The van der Waals surface area contributed by atoms with E-state index in [9.17, 15) is 4.79 Å². The summed E-state index contributed by atoms with van der Waals surface area (Å²) >= 11 is 0. The van der Waals surface area contributed by atoms with E-state index < -0.39 is 0 Å². The third-order valence-corrected chi connectivity index (χ3v) is 2.35. The average molecular weight is 229 g/mol. The number of nitrogens with one attached hydrogen (secondary N) is 2. The van der Waals surface area contributed by atoms with Crippen molar-refractivity contribution in [1.82, 2.24) is 9.97 Å². The highest BCUT2D eigenvalue weighted by Gasteiger charge is 2.02. The first-order valence-corrected chi connectivity index (χ1v) is 5.70. The molecule has 0 radical (unpaired) electrons. The summed E-state index contributed by atoms with van der Waals surface area (Å²) in [5, 5.41) is 3.08. The maximum Gasteiger partial charge on any atom is 0.252 e. The van der Waals surface area contributed by atoms with Gasteiger partial charge in [0.15, 0.2) is 0 Å². The zero-order chi connectivity index (χ0) is 12.1. The molecule has 1 heterocycles. The molecular weight excluding hydrogens is 214 g/mol. The van der Waals surface area contributed by atoms with Gasteiger partial charge in [-0.1, -0.05) is 37.3 Å². The normalized spacial score (nSPS) is 10.2. The first kappa shape index (κ1) is 11.4. The first-order chi connectivity index (χ1) is 8.29. The van der Waals surface area contributed by atoms with Gasteiger partial charge in [0.05, 0.1) is 5.69 Å². The number of nitrogens with zero attached hydrogens (tertiary/aromatic N) is 1. The lowest BCUT2D eigenvalue weighted by Crippen LogP contribution is -2.13. The largest absolute Gasteiger partial charge is 0.356 e. The minimum absolute atomic E-state index is 0.141. The molecule has 0 saturated carbocycles. The van der Waals surface area contributed by atoms with Crippen molar-refractivity contribution >= 4 is 5.95 Å². The Balaban J connectivity index is 2.35. The van der Waals surface area contributed by atoms with E-state index in [1.807, 2.05) is 30.3 Å². The predicted octanol–water partition coefficient (Wildman–Crippen LogP) is 2.26. The summed E-state index contributed by atoms with van der Waals surface area (Å²) in [7, 11) is 0. The molecule has 1 aromatic carbocycles. The SMILES string of the molecule is CCCNc1nc(-c2ccccc2)cc(=O)[nH]1. The number of benzene rings is 1. The number of hydrogen-bond acceptors (Lipinski definition) is 3. The third-order valence-electron chi connectivity index (χ3n) is 2.35. The molecule has 2 N–H and O–H groups in total. The molecule has 0 aliphatic heterocycles. The molecular formula is C13H15N3O. The van der Waals surface area contributed by atoms with E-state index in [1.54, 1.807) is 0 Å². The Labute approximate surface area is 99.7 Å². The molecule has 0 aliphatic carbocycles. The van der Waals surface area contributed by atoms with Gasteiger partial charge in [-0.15, -0.1) is 0 Å². The lowest BCUT2D eigenvalue weighted by molar-refractivity contribution is 0.948. The van der Waals surface area contributed by atoms with Crippen molar-refractivity contribution in [2.45, 2.75) is 13.3 Å². The highest BCUT2D eigenvalue weighted by molar-refractivity contribution is 5.59. The van der Waals surface area contributed by atoms with Gasteiger partial charge >= 0.3 is 0 Å². The number of aromatic amines is 1. The minimum Gasteiger partial charge on any atom is -0.356 e. The Morgan fingerprint density at radius 2 is 2.06 bits per heavy atom. The number of hydrogen-bond donors (Lipinski definition) is 2. The smallest absolute Gasteiger partial charge is 0.252 e. The van der Waals surface area contributed by atoms with Crippen molar-refractivity contribution in [2.75, 3.05) is 11.9 Å². The van der Waals surface area contributed by atoms with Gasteiger partial charge < -0.3 is 5.32 Å². The Hall–Kier alpha value is -2.10. The molecule has 0 aliphatic rings. The van der Waals surface area contributed by atoms with Gasteiger partial charge in [0.25, 0.3) is 5.56 Å². The summed E-state index contributed by atoms with van der Waals surface area (Å²) < 4.78 is 0. The molecule has 0 saturated heterocycles. The highest BCUT2D eigenvalue weighted by atomic mass is 16.1. The molecule has 1 aromatic heterocycles. The van der Waals surface area contributed by atoms with Crippen LogP contribution in [0.15, 0.2) is 41.2 Å². The Morgan fingerprint density at radius 3 is 2.76 bits per heavy atom. The maximum atomic E-state index is 11.5. The van der Waals surface area contributed by atoms with Gasteiger partial charge in [0, 0.05) is 18.2 Å². The van der Waals surface area contributed by atoms with Crippen LogP contribution >= 0.6 is 0 Å². The lowest BCUT2D eigenvalue weighted by Gasteiger charge is -2.05. The van der Waals surface area contributed by atoms with Crippen LogP contribution in [0.1, 0.15) is 13.3 Å². The fourth-order valence-electron chi connectivity index (χ4n) is 1.54. The summed E-state index contributed by atoms with van der Waals surface area (Å²) in [6.07, 6.45) is 0.985. The summed E-state index contributed by atoms with van der Waals surface area (Å²) in [6, 6.07) is 11.2. The molecule has 0 unspecified atom stereocenters. The molecule has 17 heavy (non-hydrogen) atoms. The van der Waals surface area contributed by atoms with Crippen molar-refractivity contribution in [3.05, 3.63) is 46.8 Å². The number of anilines is 1. The van der Waals surface area contributed by atoms with Crippen molar-refractivity contribution in [3.8, 4) is 11.3 Å². The molecule has 0 bridgehead atoms. The van der Waals surface area contributed by atoms with E-state index in [0.29, 0.717) is 11.6 Å². The molecule has 2 aromatic rings. The molecule has 0 fully saturated rings. The zero-order valence-corrected chi connectivity index (χ0v) is 9.73. The van der Waals surface area contributed by atoms with E-state index in [4.69, 9.17) is 0 Å².